The molecule has 0 radical (unpaired) electrons. The molecule has 1 aromatic carbocycles. The Balaban J connectivity index is 2.02. The molecule has 0 aliphatic heterocycles. The summed E-state index contributed by atoms with van der Waals surface area (Å²) >= 11 is 0. The van der Waals surface area contributed by atoms with Crippen molar-refractivity contribution in [2.45, 2.75) is 77.7 Å². The number of benzene rings is 1. The molecule has 0 aromatic heterocycles. The third-order valence-electron chi connectivity index (χ3n) is 5.72. The first kappa shape index (κ1) is 24.9. The fourth-order valence-corrected chi connectivity index (χ4v) is 3.94. The Morgan fingerprint density at radius 3 is 2.52 bits per heavy atom. The lowest BCUT2D eigenvalue weighted by Crippen LogP contribution is -2.58. The molecule has 0 heterocycles. The molecule has 172 valence electrons. The second-order valence-corrected chi connectivity index (χ2v) is 8.12. The van der Waals surface area contributed by atoms with Crippen LogP contribution in [-0.4, -0.2) is 54.4 Å². The van der Waals surface area contributed by atoms with Crippen LogP contribution in [-0.2, 0) is 14.3 Å². The van der Waals surface area contributed by atoms with Crippen molar-refractivity contribution >= 4 is 17.6 Å². The van der Waals surface area contributed by atoms with E-state index in [2.05, 4.69) is 35.0 Å². The normalized spacial score (nSPS) is 20.9. The number of rotatable bonds is 12. The molecule has 0 bridgehead atoms. The average Bonchev–Trinajstić information content (AvgIpc) is 2.74. The monoisotopic (exact) mass is 431 g/mol. The van der Waals surface area contributed by atoms with Crippen molar-refractivity contribution in [1.29, 1.82) is 0 Å². The maximum atomic E-state index is 11.9. The van der Waals surface area contributed by atoms with E-state index < -0.39 is 12.1 Å². The van der Waals surface area contributed by atoms with Crippen molar-refractivity contribution < 1.29 is 19.4 Å². The summed E-state index contributed by atoms with van der Waals surface area (Å²) in [6, 6.07) is 7.62. The fraction of sp³-hybridized carbons (Fsp3) is 0.583. The number of ether oxygens (including phenoxy) is 1. The van der Waals surface area contributed by atoms with Crippen molar-refractivity contribution in [2.24, 2.45) is 0 Å². The van der Waals surface area contributed by atoms with E-state index in [0.29, 0.717) is 18.5 Å². The molecule has 3 atom stereocenters. The van der Waals surface area contributed by atoms with Crippen LogP contribution in [0.1, 0.15) is 52.0 Å². The first-order valence-electron chi connectivity index (χ1n) is 11.2. The minimum absolute atomic E-state index is 0.0182. The molecule has 2 rings (SSSR count). The molecule has 1 aromatic rings. The quantitative estimate of drug-likeness (QED) is 0.379. The first-order chi connectivity index (χ1) is 14.8. The highest BCUT2D eigenvalue weighted by Gasteiger charge is 2.37. The topological polar surface area (TPSA) is 99.7 Å². The Hall–Kier alpha value is -2.38. The SMILES string of the molecule is CCC(CC)O[C@@H]1C=C(C(=O)O)C[C@H](NCCCNc2ccccc2C)[C@H]1NC(C)=O. The summed E-state index contributed by atoms with van der Waals surface area (Å²) in [6.45, 7) is 9.13. The molecule has 0 fully saturated rings. The molecular weight excluding hydrogens is 394 g/mol. The zero-order chi connectivity index (χ0) is 22.8. The van der Waals surface area contributed by atoms with Gasteiger partial charge in [-0.1, -0.05) is 32.0 Å². The second-order valence-electron chi connectivity index (χ2n) is 8.12. The number of aryl methyl sites for hydroxylation is 1. The highest BCUT2D eigenvalue weighted by Crippen LogP contribution is 2.24. The van der Waals surface area contributed by atoms with Crippen LogP contribution in [0.5, 0.6) is 0 Å². The van der Waals surface area contributed by atoms with Gasteiger partial charge < -0.3 is 25.8 Å². The van der Waals surface area contributed by atoms with Crippen molar-refractivity contribution in [2.75, 3.05) is 18.4 Å². The van der Waals surface area contributed by atoms with Crippen LogP contribution < -0.4 is 16.0 Å². The van der Waals surface area contributed by atoms with Crippen molar-refractivity contribution in [3.8, 4) is 0 Å². The maximum Gasteiger partial charge on any atom is 0.331 e. The number of anilines is 1. The van der Waals surface area contributed by atoms with Gasteiger partial charge in [0.1, 0.15) is 0 Å². The lowest BCUT2D eigenvalue weighted by atomic mass is 9.87. The van der Waals surface area contributed by atoms with Gasteiger partial charge in [0.05, 0.1) is 18.2 Å². The Morgan fingerprint density at radius 2 is 1.90 bits per heavy atom. The van der Waals surface area contributed by atoms with Gasteiger partial charge in [-0.2, -0.15) is 0 Å². The van der Waals surface area contributed by atoms with Gasteiger partial charge in [0, 0.05) is 30.8 Å². The number of carboxylic acids is 1. The summed E-state index contributed by atoms with van der Waals surface area (Å²) in [5.41, 5.74) is 2.64. The Labute approximate surface area is 185 Å². The summed E-state index contributed by atoms with van der Waals surface area (Å²) in [7, 11) is 0. The smallest absolute Gasteiger partial charge is 0.331 e. The van der Waals surface area contributed by atoms with E-state index in [1.165, 1.54) is 12.5 Å². The molecule has 0 saturated carbocycles. The molecular formula is C24H37N3O4. The summed E-state index contributed by atoms with van der Waals surface area (Å²) < 4.78 is 6.21. The highest BCUT2D eigenvalue weighted by atomic mass is 16.5. The maximum absolute atomic E-state index is 11.9. The van der Waals surface area contributed by atoms with Crippen LogP contribution in [0.3, 0.4) is 0 Å². The van der Waals surface area contributed by atoms with Gasteiger partial charge in [-0.25, -0.2) is 4.79 Å². The number of hydrogen-bond acceptors (Lipinski definition) is 5. The van der Waals surface area contributed by atoms with Gasteiger partial charge in [-0.05, 0) is 56.9 Å². The first-order valence-corrected chi connectivity index (χ1v) is 11.2. The Morgan fingerprint density at radius 1 is 1.19 bits per heavy atom. The van der Waals surface area contributed by atoms with E-state index in [-0.39, 0.29) is 24.1 Å². The predicted octanol–water partition coefficient (Wildman–Crippen LogP) is 3.25. The number of amides is 1. The lowest BCUT2D eigenvalue weighted by Gasteiger charge is -2.38. The van der Waals surface area contributed by atoms with Gasteiger partial charge in [0.25, 0.3) is 0 Å². The largest absolute Gasteiger partial charge is 0.478 e. The van der Waals surface area contributed by atoms with E-state index in [1.54, 1.807) is 6.08 Å². The minimum Gasteiger partial charge on any atom is -0.478 e. The molecule has 4 N–H and O–H groups in total. The van der Waals surface area contributed by atoms with Crippen LogP contribution in [0.25, 0.3) is 0 Å². The third kappa shape index (κ3) is 7.67. The molecule has 0 saturated heterocycles. The van der Waals surface area contributed by atoms with Crippen molar-refractivity contribution in [3.63, 3.8) is 0 Å². The Bertz CT molecular complexity index is 761. The van der Waals surface area contributed by atoms with E-state index >= 15 is 0 Å². The number of hydrogen-bond donors (Lipinski definition) is 4. The number of carbonyl (C=O) groups is 2. The molecule has 1 amide bonds. The van der Waals surface area contributed by atoms with E-state index in [4.69, 9.17) is 4.74 Å². The van der Waals surface area contributed by atoms with Crippen LogP contribution >= 0.6 is 0 Å². The molecule has 31 heavy (non-hydrogen) atoms. The fourth-order valence-electron chi connectivity index (χ4n) is 3.94. The number of nitrogens with one attached hydrogen (secondary N) is 3. The second kappa shape index (κ2) is 12.5. The molecule has 0 unspecified atom stereocenters. The van der Waals surface area contributed by atoms with Gasteiger partial charge in [0.2, 0.25) is 5.91 Å². The predicted molar refractivity (Wildman–Crippen MR) is 123 cm³/mol. The van der Waals surface area contributed by atoms with E-state index in [9.17, 15) is 14.7 Å². The number of para-hydroxylation sites is 1. The van der Waals surface area contributed by atoms with Gasteiger partial charge in [0.15, 0.2) is 0 Å². The van der Waals surface area contributed by atoms with Gasteiger partial charge in [-0.15, -0.1) is 0 Å². The van der Waals surface area contributed by atoms with Gasteiger partial charge in [-0.3, -0.25) is 4.79 Å². The standard InChI is InChI=1S/C24H37N3O4/c1-5-19(6-2)31-22-15-18(24(29)30)14-21(23(22)27-17(4)28)26-13-9-12-25-20-11-8-7-10-16(20)3/h7-8,10-11,15,19,21-23,25-26H,5-6,9,12-14H2,1-4H3,(H,27,28)(H,29,30)/t21-,22+,23+/m0/s1. The van der Waals surface area contributed by atoms with Crippen LogP contribution in [0.15, 0.2) is 35.9 Å². The van der Waals surface area contributed by atoms with Gasteiger partial charge >= 0.3 is 5.97 Å². The average molecular weight is 432 g/mol. The molecule has 1 aliphatic carbocycles. The summed E-state index contributed by atoms with van der Waals surface area (Å²) in [4.78, 5) is 23.6. The summed E-state index contributed by atoms with van der Waals surface area (Å²) in [6.07, 6.45) is 4.08. The number of carboxylic acid groups (broad SMARTS) is 1. The van der Waals surface area contributed by atoms with Crippen LogP contribution in [0, 0.1) is 6.92 Å². The zero-order valence-corrected chi connectivity index (χ0v) is 19.1. The number of carbonyl (C=O) groups excluding carboxylic acids is 1. The van der Waals surface area contributed by atoms with E-state index in [0.717, 1.165) is 31.5 Å². The summed E-state index contributed by atoms with van der Waals surface area (Å²) in [5.74, 6) is -1.09. The zero-order valence-electron chi connectivity index (χ0n) is 19.1. The van der Waals surface area contributed by atoms with Crippen LogP contribution in [0.2, 0.25) is 0 Å². The Kier molecular flexibility index (Phi) is 10.0. The molecule has 7 heteroatoms. The minimum atomic E-state index is -0.938. The summed E-state index contributed by atoms with van der Waals surface area (Å²) in [5, 5.41) is 19.5. The van der Waals surface area contributed by atoms with Crippen molar-refractivity contribution in [3.05, 3.63) is 41.5 Å². The highest BCUT2D eigenvalue weighted by molar-refractivity contribution is 5.87. The molecule has 1 aliphatic rings. The molecule has 7 nitrogen and oxygen atoms in total. The van der Waals surface area contributed by atoms with Crippen molar-refractivity contribution in [1.82, 2.24) is 10.6 Å². The lowest BCUT2D eigenvalue weighted by molar-refractivity contribution is -0.133. The van der Waals surface area contributed by atoms with Crippen LogP contribution in [0.4, 0.5) is 5.69 Å². The third-order valence-corrected chi connectivity index (χ3v) is 5.72. The molecule has 0 spiro atoms. The van der Waals surface area contributed by atoms with E-state index in [1.807, 2.05) is 26.0 Å². The number of aliphatic carboxylic acids is 1.